The van der Waals surface area contributed by atoms with E-state index in [0.29, 0.717) is 6.42 Å². The first-order valence-corrected chi connectivity index (χ1v) is 4.45. The first-order chi connectivity index (χ1) is 5.21. The van der Waals surface area contributed by atoms with Crippen molar-refractivity contribution in [2.45, 2.75) is 92.0 Å². The number of carboxylic acids is 1. The van der Waals surface area contributed by atoms with Crippen molar-refractivity contribution in [1.29, 1.82) is 0 Å². The van der Waals surface area contributed by atoms with Gasteiger partial charge in [0.1, 0.15) is 0 Å². The van der Waals surface area contributed by atoms with Crippen molar-refractivity contribution in [2.75, 3.05) is 0 Å². The van der Waals surface area contributed by atoms with Crippen LogP contribution >= 0.6 is 0 Å². The summed E-state index contributed by atoms with van der Waals surface area (Å²) in [6, 6.07) is 0. The molecule has 0 fully saturated rings. The van der Waals surface area contributed by atoms with Crippen LogP contribution in [-0.4, -0.2) is 11.1 Å². The molecule has 0 aromatic rings. The average Bonchev–Trinajstić information content (AvgIpc) is 1.83. The summed E-state index contributed by atoms with van der Waals surface area (Å²) in [7, 11) is 0. The second-order valence-corrected chi connectivity index (χ2v) is 4.96. The van der Waals surface area contributed by atoms with E-state index in [4.69, 9.17) is 5.11 Å². The summed E-state index contributed by atoms with van der Waals surface area (Å²) < 4.78 is 0. The molecule has 0 bridgehead atoms. The first-order valence-electron chi connectivity index (χ1n) is 4.45. The van der Waals surface area contributed by atoms with Gasteiger partial charge in [-0.2, -0.15) is 0 Å². The monoisotopic (exact) mass is 357 g/mol. The maximum absolute atomic E-state index is 10.9. The minimum Gasteiger partial charge on any atom is -0.481 e. The van der Waals surface area contributed by atoms with E-state index >= 15 is 0 Å². The molecule has 0 spiro atoms. The van der Waals surface area contributed by atoms with E-state index in [9.17, 15) is 4.79 Å². The number of carboxylic acid groups (broad SMARTS) is 1. The van der Waals surface area contributed by atoms with E-state index in [1.165, 1.54) is 0 Å². The van der Waals surface area contributed by atoms with Crippen molar-refractivity contribution in [3.05, 3.63) is 0 Å². The van der Waals surface area contributed by atoms with Crippen LogP contribution in [0, 0.1) is 10.8 Å². The SMILES string of the molecule is C.C.C.C.C.C.CCC(C)(CC(C)(C)C)C(=O)O.[Y]. The summed E-state index contributed by atoms with van der Waals surface area (Å²) in [6.45, 7) is 9.97. The van der Waals surface area contributed by atoms with Crippen molar-refractivity contribution in [3.63, 3.8) is 0 Å². The molecule has 1 radical (unpaired) electrons. The van der Waals surface area contributed by atoms with Crippen LogP contribution in [0.1, 0.15) is 92.0 Å². The number of hydrogen-bond donors (Lipinski definition) is 1. The van der Waals surface area contributed by atoms with Crippen LogP contribution < -0.4 is 0 Å². The van der Waals surface area contributed by atoms with E-state index in [1.807, 2.05) is 13.8 Å². The zero-order valence-electron chi connectivity index (χ0n) is 9.35. The Labute approximate surface area is 151 Å². The molecule has 0 aliphatic rings. The third-order valence-corrected chi connectivity index (χ3v) is 2.22. The molecule has 0 saturated heterocycles. The second-order valence-electron chi connectivity index (χ2n) is 4.96. The average molecular weight is 357 g/mol. The Hall–Kier alpha value is 0.574. The molecule has 123 valence electrons. The van der Waals surface area contributed by atoms with Gasteiger partial charge in [-0.05, 0) is 25.2 Å². The van der Waals surface area contributed by atoms with Gasteiger partial charge in [-0.25, -0.2) is 0 Å². The fourth-order valence-corrected chi connectivity index (χ4v) is 1.52. The van der Waals surface area contributed by atoms with E-state index in [2.05, 4.69) is 20.8 Å². The standard InChI is InChI=1S/C10H20O2.6CH4.Y/c1-6-10(5,8(11)12)7-9(2,3)4;;;;;;;/h6-7H2,1-5H3,(H,11,12);6*1H4;. The first kappa shape index (κ1) is 50.4. The number of aliphatic carboxylic acids is 1. The molecule has 0 rings (SSSR count). The topological polar surface area (TPSA) is 37.3 Å². The van der Waals surface area contributed by atoms with Gasteiger partial charge in [-0.3, -0.25) is 4.79 Å². The predicted molar refractivity (Wildman–Crippen MR) is 90.5 cm³/mol. The minimum absolute atomic E-state index is 0. The van der Waals surface area contributed by atoms with Gasteiger partial charge in [0, 0.05) is 32.7 Å². The molecule has 2 nitrogen and oxygen atoms in total. The summed E-state index contributed by atoms with van der Waals surface area (Å²) in [6.07, 6.45) is 1.42. The summed E-state index contributed by atoms with van der Waals surface area (Å²) in [5.74, 6) is -0.681. The van der Waals surface area contributed by atoms with Crippen molar-refractivity contribution in [2.24, 2.45) is 10.8 Å². The van der Waals surface area contributed by atoms with E-state index in [-0.39, 0.29) is 82.7 Å². The Bertz CT molecular complexity index is 174. The fraction of sp³-hybridized carbons (Fsp3) is 0.938. The van der Waals surface area contributed by atoms with Gasteiger partial charge in [-0.15, -0.1) is 0 Å². The molecule has 0 aliphatic heterocycles. The molecular weight excluding hydrogens is 313 g/mol. The third-order valence-electron chi connectivity index (χ3n) is 2.22. The van der Waals surface area contributed by atoms with Crippen molar-refractivity contribution in [1.82, 2.24) is 0 Å². The fourth-order valence-electron chi connectivity index (χ4n) is 1.52. The second kappa shape index (κ2) is 18.6. The Morgan fingerprint density at radius 1 is 0.895 bits per heavy atom. The van der Waals surface area contributed by atoms with Crippen LogP contribution in [-0.2, 0) is 37.5 Å². The number of carbonyl (C=O) groups is 1. The Morgan fingerprint density at radius 2 is 1.16 bits per heavy atom. The van der Waals surface area contributed by atoms with Crippen molar-refractivity contribution >= 4 is 5.97 Å². The van der Waals surface area contributed by atoms with Gasteiger partial charge < -0.3 is 5.11 Å². The quantitative estimate of drug-likeness (QED) is 0.607. The van der Waals surface area contributed by atoms with Crippen LogP contribution in [0.3, 0.4) is 0 Å². The van der Waals surface area contributed by atoms with Crippen LogP contribution in [0.25, 0.3) is 0 Å². The van der Waals surface area contributed by atoms with E-state index in [1.54, 1.807) is 0 Å². The molecule has 3 heteroatoms. The van der Waals surface area contributed by atoms with E-state index in [0.717, 1.165) is 6.42 Å². The zero-order chi connectivity index (χ0) is 9.99. The van der Waals surface area contributed by atoms with Crippen LogP contribution in [0.5, 0.6) is 0 Å². The molecule has 0 aromatic carbocycles. The van der Waals surface area contributed by atoms with Crippen molar-refractivity contribution in [3.8, 4) is 0 Å². The molecule has 0 aliphatic carbocycles. The normalized spacial score (nSPS) is 10.8. The molecular formula is C16H44O2Y. The van der Waals surface area contributed by atoms with E-state index < -0.39 is 11.4 Å². The number of rotatable bonds is 3. The molecule has 0 aromatic heterocycles. The number of hydrogen-bond acceptors (Lipinski definition) is 1. The molecule has 0 heterocycles. The van der Waals surface area contributed by atoms with Crippen LogP contribution in [0.2, 0.25) is 0 Å². The predicted octanol–water partition coefficient (Wildman–Crippen LogP) is 6.74. The summed E-state index contributed by atoms with van der Waals surface area (Å²) in [5, 5.41) is 9.00. The molecule has 19 heavy (non-hydrogen) atoms. The Morgan fingerprint density at radius 3 is 1.21 bits per heavy atom. The Kier molecular flexibility index (Phi) is 49.3. The smallest absolute Gasteiger partial charge is 0.309 e. The van der Waals surface area contributed by atoms with Gasteiger partial charge in [0.2, 0.25) is 0 Å². The largest absolute Gasteiger partial charge is 0.481 e. The van der Waals surface area contributed by atoms with Crippen LogP contribution in [0.4, 0.5) is 0 Å². The summed E-state index contributed by atoms with van der Waals surface area (Å²) in [4.78, 5) is 10.9. The summed E-state index contributed by atoms with van der Waals surface area (Å²) in [5.41, 5.74) is -0.471. The zero-order valence-corrected chi connectivity index (χ0v) is 12.2. The summed E-state index contributed by atoms with van der Waals surface area (Å²) >= 11 is 0. The molecule has 1 N–H and O–H groups in total. The van der Waals surface area contributed by atoms with Gasteiger partial charge in [0.25, 0.3) is 0 Å². The van der Waals surface area contributed by atoms with Gasteiger partial charge in [-0.1, -0.05) is 72.3 Å². The minimum atomic E-state index is -0.681. The third kappa shape index (κ3) is 21.0. The maximum atomic E-state index is 10.9. The molecule has 0 saturated carbocycles. The molecule has 1 atom stereocenters. The van der Waals surface area contributed by atoms with Gasteiger partial charge in [0.15, 0.2) is 0 Å². The maximum Gasteiger partial charge on any atom is 0.309 e. The van der Waals surface area contributed by atoms with Crippen molar-refractivity contribution < 1.29 is 42.6 Å². The van der Waals surface area contributed by atoms with Gasteiger partial charge >= 0.3 is 5.97 Å². The molecule has 0 amide bonds. The molecule has 1 unspecified atom stereocenters. The van der Waals surface area contributed by atoms with Crippen LogP contribution in [0.15, 0.2) is 0 Å². The van der Waals surface area contributed by atoms with Gasteiger partial charge in [0.05, 0.1) is 5.41 Å². The Balaban J connectivity index is -0.0000000288.